The number of ether oxygens (including phenoxy) is 2. The fourth-order valence-electron chi connectivity index (χ4n) is 2.40. The molecule has 0 saturated heterocycles. The van der Waals surface area contributed by atoms with E-state index in [0.717, 1.165) is 5.56 Å². The van der Waals surface area contributed by atoms with Crippen LogP contribution in [0.3, 0.4) is 0 Å². The average molecular weight is 352 g/mol. The largest absolute Gasteiger partial charge is 0.496 e. The predicted molar refractivity (Wildman–Crippen MR) is 97.0 cm³/mol. The monoisotopic (exact) mass is 352 g/mol. The van der Waals surface area contributed by atoms with Gasteiger partial charge in [-0.1, -0.05) is 24.3 Å². The Kier molecular flexibility index (Phi) is 6.75. The maximum absolute atomic E-state index is 12.5. The lowest BCUT2D eigenvalue weighted by Crippen LogP contribution is -2.35. The lowest BCUT2D eigenvalue weighted by atomic mass is 10.1. The number of rotatable bonds is 7. The minimum absolute atomic E-state index is 0.184. The lowest BCUT2D eigenvalue weighted by molar-refractivity contribution is -0.121. The molecule has 0 saturated carbocycles. The number of carbonyl (C=O) groups excluding carboxylic acids is 2. The highest BCUT2D eigenvalue weighted by Crippen LogP contribution is 2.20. The van der Waals surface area contributed by atoms with Crippen molar-refractivity contribution in [1.82, 2.24) is 0 Å². The van der Waals surface area contributed by atoms with Crippen molar-refractivity contribution < 1.29 is 19.1 Å². The Morgan fingerprint density at radius 1 is 1.15 bits per heavy atom. The molecule has 0 aliphatic carbocycles. The van der Waals surface area contributed by atoms with Crippen molar-refractivity contribution in [2.45, 2.75) is 13.3 Å². The minimum Gasteiger partial charge on any atom is -0.496 e. The van der Waals surface area contributed by atoms with E-state index in [1.165, 1.54) is 12.0 Å². The van der Waals surface area contributed by atoms with Crippen molar-refractivity contribution >= 4 is 17.6 Å². The Balaban J connectivity index is 2.05. The molecule has 0 heterocycles. The summed E-state index contributed by atoms with van der Waals surface area (Å²) in [6.45, 7) is 1.69. The van der Waals surface area contributed by atoms with Crippen LogP contribution in [0.5, 0.6) is 5.75 Å². The van der Waals surface area contributed by atoms with Gasteiger partial charge in [0.25, 0.3) is 5.91 Å². The predicted octanol–water partition coefficient (Wildman–Crippen LogP) is 3.11. The summed E-state index contributed by atoms with van der Waals surface area (Å²) in [5, 5.41) is 8.80. The minimum atomic E-state index is -0.607. The molecule has 0 N–H and O–H groups in total. The number of aryl methyl sites for hydroxylation is 1. The van der Waals surface area contributed by atoms with Gasteiger partial charge in [-0.15, -0.1) is 0 Å². The summed E-state index contributed by atoms with van der Waals surface area (Å²) in [6, 6.07) is 15.9. The maximum Gasteiger partial charge on any atom is 0.338 e. The number of hydrogen-bond acceptors (Lipinski definition) is 5. The van der Waals surface area contributed by atoms with Gasteiger partial charge >= 0.3 is 5.97 Å². The van der Waals surface area contributed by atoms with Gasteiger partial charge in [0, 0.05) is 12.2 Å². The van der Waals surface area contributed by atoms with E-state index >= 15 is 0 Å². The van der Waals surface area contributed by atoms with Gasteiger partial charge in [0.1, 0.15) is 5.75 Å². The molecule has 6 nitrogen and oxygen atoms in total. The standard InChI is InChI=1S/C20H20N2O4/c1-15-9-10-16(13-18(15)25-2)20(24)26-14-19(23)22(12-6-11-21)17-7-4-3-5-8-17/h3-5,7-10,13H,6,12,14H2,1-2H3. The highest BCUT2D eigenvalue weighted by Gasteiger charge is 2.18. The average Bonchev–Trinajstić information content (AvgIpc) is 2.67. The normalized spacial score (nSPS) is 9.88. The molecule has 2 aromatic carbocycles. The van der Waals surface area contributed by atoms with Gasteiger partial charge in [-0.3, -0.25) is 4.79 Å². The zero-order valence-corrected chi connectivity index (χ0v) is 14.8. The SMILES string of the molecule is COc1cc(C(=O)OCC(=O)N(CCC#N)c2ccccc2)ccc1C. The van der Waals surface area contributed by atoms with E-state index in [0.29, 0.717) is 17.0 Å². The molecule has 0 aromatic heterocycles. The summed E-state index contributed by atoms with van der Waals surface area (Å²) in [4.78, 5) is 26.1. The summed E-state index contributed by atoms with van der Waals surface area (Å²) in [7, 11) is 1.52. The van der Waals surface area contributed by atoms with E-state index in [1.54, 1.807) is 42.5 Å². The zero-order chi connectivity index (χ0) is 18.9. The fraction of sp³-hybridized carbons (Fsp3) is 0.250. The third-order valence-electron chi connectivity index (χ3n) is 3.79. The number of hydrogen-bond donors (Lipinski definition) is 0. The Hall–Kier alpha value is -3.33. The topological polar surface area (TPSA) is 79.6 Å². The van der Waals surface area contributed by atoms with E-state index < -0.39 is 12.6 Å². The van der Waals surface area contributed by atoms with Crippen LogP contribution in [-0.4, -0.2) is 32.1 Å². The number of nitrogens with zero attached hydrogens (tertiary/aromatic N) is 2. The molecule has 26 heavy (non-hydrogen) atoms. The smallest absolute Gasteiger partial charge is 0.338 e. The van der Waals surface area contributed by atoms with E-state index in [-0.39, 0.29) is 18.9 Å². The maximum atomic E-state index is 12.5. The van der Waals surface area contributed by atoms with Crippen LogP contribution < -0.4 is 9.64 Å². The summed E-state index contributed by atoms with van der Waals surface area (Å²) in [5.74, 6) is -0.422. The number of methoxy groups -OCH3 is 1. The summed E-state index contributed by atoms with van der Waals surface area (Å²) in [5.41, 5.74) is 1.86. The lowest BCUT2D eigenvalue weighted by Gasteiger charge is -2.21. The molecular formula is C20H20N2O4. The van der Waals surface area contributed by atoms with Crippen molar-refractivity contribution in [2.24, 2.45) is 0 Å². The van der Waals surface area contributed by atoms with Crippen LogP contribution in [0.2, 0.25) is 0 Å². The van der Waals surface area contributed by atoms with E-state index in [9.17, 15) is 9.59 Å². The number of para-hydroxylation sites is 1. The van der Waals surface area contributed by atoms with Crippen molar-refractivity contribution in [3.05, 3.63) is 59.7 Å². The molecule has 2 aromatic rings. The van der Waals surface area contributed by atoms with E-state index in [2.05, 4.69) is 0 Å². The van der Waals surface area contributed by atoms with Crippen LogP contribution in [0.15, 0.2) is 48.5 Å². The van der Waals surface area contributed by atoms with E-state index in [1.807, 2.05) is 19.1 Å². The summed E-state index contributed by atoms with van der Waals surface area (Å²) < 4.78 is 10.3. The van der Waals surface area contributed by atoms with Gasteiger partial charge < -0.3 is 14.4 Å². The Morgan fingerprint density at radius 3 is 2.54 bits per heavy atom. The first-order valence-electron chi connectivity index (χ1n) is 8.11. The Labute approximate surface area is 152 Å². The molecule has 2 rings (SSSR count). The number of carbonyl (C=O) groups is 2. The van der Waals surface area contributed by atoms with Gasteiger partial charge in [0.05, 0.1) is 25.2 Å². The fourth-order valence-corrected chi connectivity index (χ4v) is 2.40. The van der Waals surface area contributed by atoms with E-state index in [4.69, 9.17) is 14.7 Å². The van der Waals surface area contributed by atoms with Gasteiger partial charge in [-0.05, 0) is 36.8 Å². The van der Waals surface area contributed by atoms with Crippen LogP contribution >= 0.6 is 0 Å². The molecule has 0 fully saturated rings. The highest BCUT2D eigenvalue weighted by molar-refractivity contribution is 5.97. The second kappa shape index (κ2) is 9.23. The quantitative estimate of drug-likeness (QED) is 0.715. The molecule has 0 aliphatic heterocycles. The summed E-state index contributed by atoms with van der Waals surface area (Å²) in [6.07, 6.45) is 0.184. The van der Waals surface area contributed by atoms with Crippen LogP contribution in [0, 0.1) is 18.3 Å². The Morgan fingerprint density at radius 2 is 1.88 bits per heavy atom. The van der Waals surface area contributed by atoms with Gasteiger partial charge in [-0.2, -0.15) is 5.26 Å². The number of benzene rings is 2. The second-order valence-corrected chi connectivity index (χ2v) is 5.55. The van der Waals surface area contributed by atoms with Crippen LogP contribution in [-0.2, 0) is 9.53 Å². The van der Waals surface area contributed by atoms with Crippen LogP contribution in [0.1, 0.15) is 22.3 Å². The first-order valence-corrected chi connectivity index (χ1v) is 8.11. The molecule has 6 heteroatoms. The number of esters is 1. The van der Waals surface area contributed by atoms with Crippen molar-refractivity contribution in [3.63, 3.8) is 0 Å². The first-order chi connectivity index (χ1) is 12.6. The molecule has 0 spiro atoms. The molecule has 0 bridgehead atoms. The number of nitriles is 1. The van der Waals surface area contributed by atoms with Crippen molar-refractivity contribution in [3.8, 4) is 11.8 Å². The first kappa shape index (κ1) is 19.0. The molecule has 0 radical (unpaired) electrons. The highest BCUT2D eigenvalue weighted by atomic mass is 16.5. The molecule has 134 valence electrons. The summed E-state index contributed by atoms with van der Waals surface area (Å²) >= 11 is 0. The van der Waals surface area contributed by atoms with Gasteiger partial charge in [-0.25, -0.2) is 4.79 Å². The molecule has 1 amide bonds. The molecule has 0 aliphatic rings. The number of anilines is 1. The molecule has 0 atom stereocenters. The van der Waals surface area contributed by atoms with Crippen LogP contribution in [0.4, 0.5) is 5.69 Å². The van der Waals surface area contributed by atoms with Gasteiger partial charge in [0.15, 0.2) is 6.61 Å². The third kappa shape index (κ3) is 4.84. The second-order valence-electron chi connectivity index (χ2n) is 5.55. The molecular weight excluding hydrogens is 332 g/mol. The Bertz CT molecular complexity index is 812. The van der Waals surface area contributed by atoms with Gasteiger partial charge in [0.2, 0.25) is 0 Å². The zero-order valence-electron chi connectivity index (χ0n) is 14.8. The third-order valence-corrected chi connectivity index (χ3v) is 3.79. The van der Waals surface area contributed by atoms with Crippen molar-refractivity contribution in [1.29, 1.82) is 5.26 Å². The van der Waals surface area contributed by atoms with Crippen molar-refractivity contribution in [2.75, 3.05) is 25.2 Å². The van der Waals surface area contributed by atoms with Crippen LogP contribution in [0.25, 0.3) is 0 Å². The number of amides is 1. The molecule has 0 unspecified atom stereocenters.